The predicted molar refractivity (Wildman–Crippen MR) is 102 cm³/mol. The molecule has 0 saturated carbocycles. The molecule has 7 heteroatoms. The predicted octanol–water partition coefficient (Wildman–Crippen LogP) is 4.04. The van der Waals surface area contributed by atoms with Gasteiger partial charge < -0.3 is 15.2 Å². The molecule has 2 N–H and O–H groups in total. The number of halogens is 1. The van der Waals surface area contributed by atoms with Crippen LogP contribution in [0.2, 0.25) is 0 Å². The Morgan fingerprint density at radius 2 is 1.85 bits per heavy atom. The monoisotopic (exact) mass is 391 g/mol. The van der Waals surface area contributed by atoms with E-state index in [1.807, 2.05) is 18.4 Å². The Bertz CT molecular complexity index is 782. The summed E-state index contributed by atoms with van der Waals surface area (Å²) in [6.45, 7) is 1.74. The normalized spacial score (nSPS) is 12.9. The Kier molecular flexibility index (Phi) is 7.67. The first-order valence-electron chi connectivity index (χ1n) is 8.51. The lowest BCUT2D eigenvalue weighted by Crippen LogP contribution is -2.40. The summed E-state index contributed by atoms with van der Waals surface area (Å²) in [5, 5.41) is 11.9. The van der Waals surface area contributed by atoms with Crippen LogP contribution >= 0.6 is 11.8 Å². The summed E-state index contributed by atoms with van der Waals surface area (Å²) < 4.78 is 19.3. The topological polar surface area (TPSA) is 75.6 Å². The molecule has 2 unspecified atom stereocenters. The molecule has 0 aromatic heterocycles. The van der Waals surface area contributed by atoms with Crippen LogP contribution in [0.25, 0.3) is 0 Å². The molecule has 144 valence electrons. The third-order valence-corrected chi connectivity index (χ3v) is 4.73. The maximum Gasteiger partial charge on any atom is 0.305 e. The number of carbonyl (C=O) groups excluding carboxylic acids is 1. The third kappa shape index (κ3) is 5.99. The van der Waals surface area contributed by atoms with Crippen molar-refractivity contribution in [3.8, 4) is 5.75 Å². The van der Waals surface area contributed by atoms with E-state index < -0.39 is 29.8 Å². The van der Waals surface area contributed by atoms with Crippen molar-refractivity contribution in [3.63, 3.8) is 0 Å². The molecule has 0 fully saturated rings. The van der Waals surface area contributed by atoms with Gasteiger partial charge in [-0.2, -0.15) is 0 Å². The fourth-order valence-electron chi connectivity index (χ4n) is 2.54. The maximum absolute atomic E-state index is 13.8. The Morgan fingerprint density at radius 3 is 2.41 bits per heavy atom. The molecule has 0 bridgehead atoms. The summed E-state index contributed by atoms with van der Waals surface area (Å²) in [6.07, 6.45) is 1.06. The van der Waals surface area contributed by atoms with Crippen LogP contribution in [0.3, 0.4) is 0 Å². The number of thioether (sulfide) groups is 1. The van der Waals surface area contributed by atoms with E-state index in [-0.39, 0.29) is 12.2 Å². The minimum Gasteiger partial charge on any atom is -0.481 e. The second kappa shape index (κ2) is 9.97. The fraction of sp³-hybridized carbons (Fsp3) is 0.300. The van der Waals surface area contributed by atoms with Crippen molar-refractivity contribution >= 4 is 23.6 Å². The van der Waals surface area contributed by atoms with E-state index in [4.69, 9.17) is 4.74 Å². The molecule has 0 aliphatic rings. The molecular formula is C20H22FNO4S. The van der Waals surface area contributed by atoms with E-state index >= 15 is 0 Å². The van der Waals surface area contributed by atoms with Gasteiger partial charge in [0.1, 0.15) is 0 Å². The number of rotatable bonds is 9. The fourth-order valence-corrected chi connectivity index (χ4v) is 2.95. The Hall–Kier alpha value is -2.54. The van der Waals surface area contributed by atoms with Gasteiger partial charge in [-0.3, -0.25) is 9.59 Å². The van der Waals surface area contributed by atoms with E-state index in [2.05, 4.69) is 5.32 Å². The van der Waals surface area contributed by atoms with Gasteiger partial charge in [-0.25, -0.2) is 4.39 Å². The number of hydrogen-bond donors (Lipinski definition) is 2. The highest BCUT2D eigenvalue weighted by Crippen LogP contribution is 2.23. The van der Waals surface area contributed by atoms with Crippen molar-refractivity contribution in [3.05, 3.63) is 59.9 Å². The molecule has 0 spiro atoms. The second-order valence-electron chi connectivity index (χ2n) is 5.88. The summed E-state index contributed by atoms with van der Waals surface area (Å²) in [5.41, 5.74) is 0.685. The molecule has 0 saturated heterocycles. The molecule has 0 heterocycles. The molecule has 2 aromatic carbocycles. The van der Waals surface area contributed by atoms with Crippen molar-refractivity contribution in [2.45, 2.75) is 36.8 Å². The van der Waals surface area contributed by atoms with Crippen LogP contribution in [0, 0.1) is 5.82 Å². The molecular weight excluding hydrogens is 369 g/mol. The van der Waals surface area contributed by atoms with Crippen molar-refractivity contribution in [1.29, 1.82) is 0 Å². The molecule has 2 rings (SSSR count). The zero-order chi connectivity index (χ0) is 19.8. The highest BCUT2D eigenvalue weighted by molar-refractivity contribution is 7.98. The van der Waals surface area contributed by atoms with Gasteiger partial charge in [0.15, 0.2) is 17.7 Å². The highest BCUT2D eigenvalue weighted by Gasteiger charge is 2.25. The number of ether oxygens (including phenoxy) is 1. The summed E-state index contributed by atoms with van der Waals surface area (Å²) in [7, 11) is 0. The van der Waals surface area contributed by atoms with Crippen molar-refractivity contribution in [1.82, 2.24) is 5.32 Å². The molecule has 5 nitrogen and oxygen atoms in total. The number of carbonyl (C=O) groups is 2. The van der Waals surface area contributed by atoms with Crippen molar-refractivity contribution < 1.29 is 23.8 Å². The zero-order valence-electron chi connectivity index (χ0n) is 15.1. The van der Waals surface area contributed by atoms with E-state index in [1.54, 1.807) is 36.9 Å². The smallest absolute Gasteiger partial charge is 0.305 e. The quantitative estimate of drug-likeness (QED) is 0.631. The minimum absolute atomic E-state index is 0.0152. The summed E-state index contributed by atoms with van der Waals surface area (Å²) in [4.78, 5) is 24.9. The number of carboxylic acid groups (broad SMARTS) is 1. The van der Waals surface area contributed by atoms with Crippen LogP contribution in [0.1, 0.15) is 31.4 Å². The number of carboxylic acids is 1. The molecule has 0 aliphatic carbocycles. The van der Waals surface area contributed by atoms with Crippen LogP contribution in [-0.2, 0) is 9.59 Å². The first-order chi connectivity index (χ1) is 12.9. The van der Waals surface area contributed by atoms with Crippen LogP contribution < -0.4 is 10.1 Å². The number of amides is 1. The lowest BCUT2D eigenvalue weighted by atomic mass is 10.0. The van der Waals surface area contributed by atoms with Crippen molar-refractivity contribution in [2.75, 3.05) is 6.26 Å². The summed E-state index contributed by atoms with van der Waals surface area (Å²) >= 11 is 1.57. The van der Waals surface area contributed by atoms with Gasteiger partial charge in [-0.15, -0.1) is 11.8 Å². The van der Waals surface area contributed by atoms with Crippen LogP contribution in [0.5, 0.6) is 5.75 Å². The Balaban J connectivity index is 2.15. The maximum atomic E-state index is 13.8. The van der Waals surface area contributed by atoms with Crippen LogP contribution in [-0.4, -0.2) is 29.3 Å². The standard InChI is InChI=1S/C20H22FNO4S/c1-3-17(26-18-7-5-4-6-15(18)21)20(25)22-16(12-19(23)24)13-8-10-14(27-2)11-9-13/h4-11,16-17H,3,12H2,1-2H3,(H,22,25)(H,23,24). The molecule has 2 aromatic rings. The molecule has 1 amide bonds. The average molecular weight is 391 g/mol. The summed E-state index contributed by atoms with van der Waals surface area (Å²) in [5.74, 6) is -2.09. The zero-order valence-corrected chi connectivity index (χ0v) is 16.0. The lowest BCUT2D eigenvalue weighted by Gasteiger charge is -2.22. The number of nitrogens with one attached hydrogen (secondary N) is 1. The summed E-state index contributed by atoms with van der Waals surface area (Å²) in [6, 6.07) is 12.5. The SMILES string of the molecule is CCC(Oc1ccccc1F)C(=O)NC(CC(=O)O)c1ccc(SC)cc1. The number of hydrogen-bond acceptors (Lipinski definition) is 4. The molecule has 0 radical (unpaired) electrons. The minimum atomic E-state index is -1.03. The molecule has 2 atom stereocenters. The van der Waals surface area contributed by atoms with Gasteiger partial charge in [-0.05, 0) is 42.5 Å². The van der Waals surface area contributed by atoms with Gasteiger partial charge in [0.2, 0.25) is 0 Å². The van der Waals surface area contributed by atoms with Gasteiger partial charge in [0.05, 0.1) is 12.5 Å². The number of benzene rings is 2. The van der Waals surface area contributed by atoms with Gasteiger partial charge in [0.25, 0.3) is 5.91 Å². The lowest BCUT2D eigenvalue weighted by molar-refractivity contribution is -0.138. The first kappa shape index (κ1) is 20.8. The van der Waals surface area contributed by atoms with E-state index in [9.17, 15) is 19.1 Å². The first-order valence-corrected chi connectivity index (χ1v) is 9.74. The largest absolute Gasteiger partial charge is 0.481 e. The Morgan fingerprint density at radius 1 is 1.19 bits per heavy atom. The third-order valence-electron chi connectivity index (χ3n) is 3.98. The van der Waals surface area contributed by atoms with E-state index in [1.165, 1.54) is 18.2 Å². The van der Waals surface area contributed by atoms with Crippen LogP contribution in [0.15, 0.2) is 53.4 Å². The molecule has 0 aliphatic heterocycles. The van der Waals surface area contributed by atoms with Gasteiger partial charge in [-0.1, -0.05) is 31.2 Å². The highest BCUT2D eigenvalue weighted by atomic mass is 32.2. The van der Waals surface area contributed by atoms with Gasteiger partial charge >= 0.3 is 5.97 Å². The Labute approximate surface area is 161 Å². The number of aliphatic carboxylic acids is 1. The average Bonchev–Trinajstić information content (AvgIpc) is 2.66. The van der Waals surface area contributed by atoms with Gasteiger partial charge in [0, 0.05) is 4.90 Å². The molecule has 27 heavy (non-hydrogen) atoms. The van der Waals surface area contributed by atoms with Crippen molar-refractivity contribution in [2.24, 2.45) is 0 Å². The van der Waals surface area contributed by atoms with E-state index in [0.29, 0.717) is 12.0 Å². The second-order valence-corrected chi connectivity index (χ2v) is 6.76. The van der Waals surface area contributed by atoms with Crippen LogP contribution in [0.4, 0.5) is 4.39 Å². The number of para-hydroxylation sites is 1. The van der Waals surface area contributed by atoms with E-state index in [0.717, 1.165) is 4.90 Å².